The van der Waals surface area contributed by atoms with E-state index >= 15 is 0 Å². The van der Waals surface area contributed by atoms with Crippen LogP contribution in [-0.2, 0) is 16.1 Å². The predicted molar refractivity (Wildman–Crippen MR) is 31.0 cm³/mol. The maximum Gasteiger partial charge on any atom is 0.321 e. The monoisotopic (exact) mass is 153 g/mol. The molecule has 0 aromatic heterocycles. The highest BCUT2D eigenvalue weighted by molar-refractivity contribution is 7.77. The van der Waals surface area contributed by atoms with Crippen molar-refractivity contribution in [3.05, 3.63) is 0 Å². The molecule has 6 heteroatoms. The van der Waals surface area contributed by atoms with Crippen LogP contribution in [-0.4, -0.2) is 25.9 Å². The molecule has 0 saturated heterocycles. The molecule has 0 heterocycles. The summed E-state index contributed by atoms with van der Waals surface area (Å²) in [6.07, 6.45) is 0. The third kappa shape index (κ3) is 4.07. The van der Waals surface area contributed by atoms with Gasteiger partial charge in [-0.15, -0.1) is 0 Å². The zero-order valence-corrected chi connectivity index (χ0v) is 5.51. The van der Waals surface area contributed by atoms with Crippen LogP contribution in [0, 0.1) is 0 Å². The average Bonchev–Trinajstić information content (AvgIpc) is 1.63. The molecule has 0 aromatic rings. The molecule has 0 aliphatic rings. The molecule has 54 valence electrons. The zero-order chi connectivity index (χ0) is 7.44. The quantitative estimate of drug-likeness (QED) is 0.462. The predicted octanol–water partition coefficient (Wildman–Crippen LogP) is -0.814. The van der Waals surface area contributed by atoms with E-state index in [1.54, 1.807) is 0 Å². The van der Waals surface area contributed by atoms with Crippen molar-refractivity contribution in [1.82, 2.24) is 4.72 Å². The highest BCUT2D eigenvalue weighted by atomic mass is 32.2. The van der Waals surface area contributed by atoms with E-state index in [0.717, 1.165) is 0 Å². The van der Waals surface area contributed by atoms with Gasteiger partial charge in [-0.2, -0.15) is 0 Å². The van der Waals surface area contributed by atoms with E-state index in [1.165, 1.54) is 6.92 Å². The largest absolute Gasteiger partial charge is 0.480 e. The topological polar surface area (TPSA) is 86.6 Å². The first-order valence-electron chi connectivity index (χ1n) is 2.14. The summed E-state index contributed by atoms with van der Waals surface area (Å²) in [5.41, 5.74) is 0. The number of nitrogens with one attached hydrogen (secondary N) is 1. The number of carboxylic acids is 1. The molecule has 0 radical (unpaired) electrons. The Balaban J connectivity index is 3.63. The Bertz CT molecular complexity index is 136. The van der Waals surface area contributed by atoms with Gasteiger partial charge in [0.25, 0.3) is 0 Å². The lowest BCUT2D eigenvalue weighted by atomic mass is 10.4. The van der Waals surface area contributed by atoms with Gasteiger partial charge in [-0.25, -0.2) is 8.93 Å². The lowest BCUT2D eigenvalue weighted by Crippen LogP contribution is -2.34. The van der Waals surface area contributed by atoms with Crippen LogP contribution >= 0.6 is 0 Å². The maximum atomic E-state index is 9.93. The fourth-order valence-corrected chi connectivity index (χ4v) is 0.605. The average molecular weight is 153 g/mol. The molecule has 3 N–H and O–H groups in total. The summed E-state index contributed by atoms with van der Waals surface area (Å²) in [4.78, 5) is 9.93. The summed E-state index contributed by atoms with van der Waals surface area (Å²) < 4.78 is 19.8. The standard InChI is InChI=1S/C3H7NO4S/c1-2(3(5)6)4-9(7)8/h2,4H,1H3,(H,5,6)(H,7,8)/t2-/m0/s1. The zero-order valence-electron chi connectivity index (χ0n) is 4.70. The molecule has 5 nitrogen and oxygen atoms in total. The van der Waals surface area contributed by atoms with Crippen LogP contribution in [0.25, 0.3) is 0 Å². The molecular weight excluding hydrogens is 146 g/mol. The first-order valence-corrected chi connectivity index (χ1v) is 3.24. The van der Waals surface area contributed by atoms with E-state index in [-0.39, 0.29) is 0 Å². The van der Waals surface area contributed by atoms with Crippen molar-refractivity contribution in [3.8, 4) is 0 Å². The molecule has 0 saturated carbocycles. The van der Waals surface area contributed by atoms with E-state index in [1.807, 2.05) is 4.72 Å². The number of rotatable bonds is 3. The third-order valence-corrected chi connectivity index (χ3v) is 1.20. The Labute approximate surface area is 54.5 Å². The van der Waals surface area contributed by atoms with Crippen molar-refractivity contribution < 1.29 is 18.7 Å². The van der Waals surface area contributed by atoms with Gasteiger partial charge in [-0.1, -0.05) is 0 Å². The van der Waals surface area contributed by atoms with Gasteiger partial charge in [0.15, 0.2) is 0 Å². The third-order valence-electron chi connectivity index (χ3n) is 0.648. The van der Waals surface area contributed by atoms with Gasteiger partial charge in [-0.3, -0.25) is 9.35 Å². The normalized spacial score (nSPS) is 16.7. The molecule has 0 aliphatic heterocycles. The Morgan fingerprint density at radius 1 is 1.78 bits per heavy atom. The molecule has 0 aliphatic carbocycles. The van der Waals surface area contributed by atoms with Gasteiger partial charge < -0.3 is 5.11 Å². The summed E-state index contributed by atoms with van der Waals surface area (Å²) in [5.74, 6) is -1.16. The molecule has 0 spiro atoms. The summed E-state index contributed by atoms with van der Waals surface area (Å²) in [5, 5.41) is 8.12. The van der Waals surface area contributed by atoms with Gasteiger partial charge in [0, 0.05) is 0 Å². The first-order chi connectivity index (χ1) is 4.04. The van der Waals surface area contributed by atoms with Crippen molar-refractivity contribution in [3.63, 3.8) is 0 Å². The summed E-state index contributed by atoms with van der Waals surface area (Å²) in [6.45, 7) is 1.27. The van der Waals surface area contributed by atoms with Crippen LogP contribution in [0.15, 0.2) is 0 Å². The summed E-state index contributed by atoms with van der Waals surface area (Å²) in [6, 6.07) is -0.990. The molecule has 0 rings (SSSR count). The highest BCUT2D eigenvalue weighted by Crippen LogP contribution is 1.79. The van der Waals surface area contributed by atoms with Crippen LogP contribution < -0.4 is 4.72 Å². The molecule has 9 heavy (non-hydrogen) atoms. The highest BCUT2D eigenvalue weighted by Gasteiger charge is 2.10. The van der Waals surface area contributed by atoms with Crippen molar-refractivity contribution in [1.29, 1.82) is 0 Å². The second kappa shape index (κ2) is 3.54. The Morgan fingerprint density at radius 2 is 2.22 bits per heavy atom. The molecular formula is C3H7NO4S. The summed E-state index contributed by atoms with van der Waals surface area (Å²) >= 11 is -2.25. The van der Waals surface area contributed by atoms with Gasteiger partial charge >= 0.3 is 5.97 Å². The molecule has 2 atom stereocenters. The molecule has 0 fully saturated rings. The van der Waals surface area contributed by atoms with Crippen LogP contribution in [0.5, 0.6) is 0 Å². The minimum absolute atomic E-state index is 0.990. The van der Waals surface area contributed by atoms with Crippen LogP contribution in [0.1, 0.15) is 6.92 Å². The number of hydrogen-bond acceptors (Lipinski definition) is 2. The molecule has 1 unspecified atom stereocenters. The van der Waals surface area contributed by atoms with E-state index in [4.69, 9.17) is 9.66 Å². The molecule has 0 aromatic carbocycles. The van der Waals surface area contributed by atoms with Crippen LogP contribution in [0.3, 0.4) is 0 Å². The second-order valence-electron chi connectivity index (χ2n) is 1.43. The van der Waals surface area contributed by atoms with Gasteiger partial charge in [-0.05, 0) is 6.92 Å². The fourth-order valence-electron chi connectivity index (χ4n) is 0.202. The molecule has 0 bridgehead atoms. The molecule has 0 amide bonds. The first kappa shape index (κ1) is 8.54. The second-order valence-corrected chi connectivity index (χ2v) is 2.16. The lowest BCUT2D eigenvalue weighted by Gasteiger charge is -2.01. The maximum absolute atomic E-state index is 9.93. The number of hydrogen-bond donors (Lipinski definition) is 3. The number of carboxylic acid groups (broad SMARTS) is 1. The van der Waals surface area contributed by atoms with Crippen molar-refractivity contribution in [2.75, 3.05) is 0 Å². The van der Waals surface area contributed by atoms with E-state index in [0.29, 0.717) is 0 Å². The van der Waals surface area contributed by atoms with Crippen molar-refractivity contribution in [2.24, 2.45) is 0 Å². The fraction of sp³-hybridized carbons (Fsp3) is 0.667. The number of carbonyl (C=O) groups is 1. The van der Waals surface area contributed by atoms with Crippen LogP contribution in [0.2, 0.25) is 0 Å². The van der Waals surface area contributed by atoms with Gasteiger partial charge in [0.05, 0.1) is 0 Å². The van der Waals surface area contributed by atoms with E-state index < -0.39 is 23.3 Å². The number of aliphatic carboxylic acids is 1. The Kier molecular flexibility index (Phi) is 3.36. The Morgan fingerprint density at radius 3 is 2.33 bits per heavy atom. The smallest absolute Gasteiger partial charge is 0.321 e. The van der Waals surface area contributed by atoms with E-state index in [9.17, 15) is 9.00 Å². The van der Waals surface area contributed by atoms with E-state index in [2.05, 4.69) is 0 Å². The lowest BCUT2D eigenvalue weighted by molar-refractivity contribution is -0.138. The Hall–Kier alpha value is -0.460. The minimum atomic E-state index is -2.25. The minimum Gasteiger partial charge on any atom is -0.480 e. The van der Waals surface area contributed by atoms with Crippen molar-refractivity contribution >= 4 is 17.2 Å². The summed E-state index contributed by atoms with van der Waals surface area (Å²) in [7, 11) is 0. The van der Waals surface area contributed by atoms with Crippen molar-refractivity contribution in [2.45, 2.75) is 13.0 Å². The SMILES string of the molecule is C[C@H](NS(=O)O)C(=O)O. The van der Waals surface area contributed by atoms with Gasteiger partial charge in [0.2, 0.25) is 11.3 Å². The van der Waals surface area contributed by atoms with Gasteiger partial charge in [0.1, 0.15) is 6.04 Å². The van der Waals surface area contributed by atoms with Crippen LogP contribution in [0.4, 0.5) is 0 Å².